The van der Waals surface area contributed by atoms with Gasteiger partial charge in [-0.25, -0.2) is 0 Å². The highest BCUT2D eigenvalue weighted by molar-refractivity contribution is 7.14. The summed E-state index contributed by atoms with van der Waals surface area (Å²) in [5.74, 6) is 0.738. The Morgan fingerprint density at radius 3 is 2.71 bits per heavy atom. The first-order chi connectivity index (χ1) is 10.3. The molecular formula is C15H14N3O2S+. The van der Waals surface area contributed by atoms with Gasteiger partial charge in [0.05, 0.1) is 13.5 Å². The number of thiophene rings is 1. The van der Waals surface area contributed by atoms with Gasteiger partial charge in [-0.2, -0.15) is 0 Å². The standard InChI is InChI=1S/C15H13N3O2S/c1-20-11-4-2-10(3-5-11)8-14(19)17-15-12(6-7-21-15)13-9-16-18-13/h2-7,9H,8H2,1H3,(H,17,19)/p+1. The molecule has 5 nitrogen and oxygen atoms in total. The van der Waals surface area contributed by atoms with Crippen molar-refractivity contribution in [3.05, 3.63) is 53.0 Å². The molecule has 2 N–H and O–H groups in total. The van der Waals surface area contributed by atoms with E-state index in [2.05, 4.69) is 15.5 Å². The molecule has 0 atom stereocenters. The second kappa shape index (κ2) is 5.88. The van der Waals surface area contributed by atoms with Crippen molar-refractivity contribution >= 4 is 27.9 Å². The number of rotatable bonds is 5. The van der Waals surface area contributed by atoms with Gasteiger partial charge in [0.15, 0.2) is 0 Å². The molecule has 2 heterocycles. The second-order valence-corrected chi connectivity index (χ2v) is 5.42. The molecule has 0 saturated heterocycles. The Morgan fingerprint density at radius 1 is 1.33 bits per heavy atom. The van der Waals surface area contributed by atoms with Gasteiger partial charge in [0.25, 0.3) is 0 Å². The molecule has 0 spiro atoms. The van der Waals surface area contributed by atoms with Crippen LogP contribution in [0.2, 0.25) is 0 Å². The largest absolute Gasteiger partial charge is 0.497 e. The van der Waals surface area contributed by atoms with E-state index < -0.39 is 0 Å². The van der Waals surface area contributed by atoms with E-state index in [1.807, 2.05) is 35.7 Å². The first-order valence-electron chi connectivity index (χ1n) is 6.43. The third-order valence-corrected chi connectivity index (χ3v) is 3.93. The monoisotopic (exact) mass is 300 g/mol. The fourth-order valence-corrected chi connectivity index (χ4v) is 2.79. The second-order valence-electron chi connectivity index (χ2n) is 4.51. The summed E-state index contributed by atoms with van der Waals surface area (Å²) >= 11 is 1.49. The number of ether oxygens (including phenoxy) is 1. The van der Waals surface area contributed by atoms with Gasteiger partial charge in [0.2, 0.25) is 17.8 Å². The maximum atomic E-state index is 12.1. The summed E-state index contributed by atoms with van der Waals surface area (Å²) in [6.07, 6.45) is 2.14. The zero-order valence-corrected chi connectivity index (χ0v) is 12.2. The summed E-state index contributed by atoms with van der Waals surface area (Å²) in [4.78, 5) is 12.1. The highest BCUT2D eigenvalue weighted by Gasteiger charge is 2.18. The average molecular weight is 300 g/mol. The number of hydrogen-bond donors (Lipinski definition) is 2. The Bertz CT molecular complexity index is 717. The van der Waals surface area contributed by atoms with Crippen LogP contribution in [0, 0.1) is 0 Å². The van der Waals surface area contributed by atoms with Gasteiger partial charge < -0.3 is 10.1 Å². The van der Waals surface area contributed by atoms with Crippen LogP contribution in [0.15, 0.2) is 47.0 Å². The molecule has 0 aliphatic carbocycles. The molecule has 21 heavy (non-hydrogen) atoms. The van der Waals surface area contributed by atoms with Gasteiger partial charge in [-0.15, -0.1) is 16.5 Å². The average Bonchev–Trinajstić information content (AvgIpc) is 2.85. The lowest BCUT2D eigenvalue weighted by molar-refractivity contribution is -0.468. The summed E-state index contributed by atoms with van der Waals surface area (Å²) in [7, 11) is 1.62. The van der Waals surface area contributed by atoms with E-state index in [9.17, 15) is 4.79 Å². The minimum atomic E-state index is -0.0447. The Balaban J connectivity index is 1.65. The first-order valence-corrected chi connectivity index (χ1v) is 7.31. The topological polar surface area (TPSA) is 64.7 Å². The number of nitrogens with one attached hydrogen (secondary N) is 2. The van der Waals surface area contributed by atoms with E-state index in [0.29, 0.717) is 6.42 Å². The van der Waals surface area contributed by atoms with E-state index in [-0.39, 0.29) is 5.91 Å². The molecule has 0 fully saturated rings. The molecule has 1 aliphatic rings. The lowest BCUT2D eigenvalue weighted by atomic mass is 10.1. The van der Waals surface area contributed by atoms with Gasteiger partial charge in [-0.05, 0) is 29.1 Å². The van der Waals surface area contributed by atoms with Gasteiger partial charge in [-0.3, -0.25) is 4.79 Å². The third kappa shape index (κ3) is 3.00. The van der Waals surface area contributed by atoms with E-state index in [1.54, 1.807) is 13.3 Å². The summed E-state index contributed by atoms with van der Waals surface area (Å²) in [6.45, 7) is 0. The normalized spacial score (nSPS) is 12.5. The molecule has 3 rings (SSSR count). The lowest BCUT2D eigenvalue weighted by Crippen LogP contribution is -2.62. The Hall–Kier alpha value is -2.47. The fourth-order valence-electron chi connectivity index (χ4n) is 1.97. The summed E-state index contributed by atoms with van der Waals surface area (Å²) < 4.78 is 5.10. The molecule has 0 unspecified atom stereocenters. The number of hydrogen-bond acceptors (Lipinski definition) is 4. The van der Waals surface area contributed by atoms with Crippen LogP contribution in [-0.2, 0) is 11.2 Å². The van der Waals surface area contributed by atoms with E-state index in [1.165, 1.54) is 11.3 Å². The van der Waals surface area contributed by atoms with Crippen molar-refractivity contribution in [1.82, 2.24) is 0 Å². The smallest absolute Gasteiger partial charge is 0.229 e. The number of amides is 1. The number of anilines is 1. The number of azo groups is 1. The molecule has 1 aromatic carbocycles. The first kappa shape index (κ1) is 13.5. The van der Waals surface area contributed by atoms with Crippen molar-refractivity contribution in [2.24, 2.45) is 5.11 Å². The maximum absolute atomic E-state index is 12.1. The van der Waals surface area contributed by atoms with Crippen LogP contribution in [0.3, 0.4) is 0 Å². The highest BCUT2D eigenvalue weighted by atomic mass is 32.1. The quantitative estimate of drug-likeness (QED) is 0.884. The summed E-state index contributed by atoms with van der Waals surface area (Å²) in [5, 5.41) is 12.5. The van der Waals surface area contributed by atoms with Crippen LogP contribution in [0.1, 0.15) is 11.1 Å². The summed E-state index contributed by atoms with van der Waals surface area (Å²) in [5.41, 5.74) is 2.75. The zero-order valence-electron chi connectivity index (χ0n) is 11.4. The number of benzene rings is 1. The molecule has 6 heteroatoms. The number of carbonyl (C=O) groups excluding carboxylic acids is 1. The number of nitrogens with zero attached hydrogens (tertiary/aromatic N) is 1. The van der Waals surface area contributed by atoms with Crippen molar-refractivity contribution in [3.8, 4) is 5.75 Å². The highest BCUT2D eigenvalue weighted by Crippen LogP contribution is 2.30. The van der Waals surface area contributed by atoms with Crippen LogP contribution in [0.5, 0.6) is 5.75 Å². The molecule has 106 valence electrons. The predicted molar refractivity (Wildman–Crippen MR) is 81.0 cm³/mol. The van der Waals surface area contributed by atoms with Crippen LogP contribution in [-0.4, -0.2) is 13.0 Å². The van der Waals surface area contributed by atoms with Crippen LogP contribution in [0.4, 0.5) is 5.00 Å². The van der Waals surface area contributed by atoms with Crippen molar-refractivity contribution in [3.63, 3.8) is 0 Å². The van der Waals surface area contributed by atoms with Gasteiger partial charge >= 0.3 is 0 Å². The van der Waals surface area contributed by atoms with E-state index >= 15 is 0 Å². The Kier molecular flexibility index (Phi) is 3.79. The molecule has 0 radical (unpaired) electrons. The molecular weight excluding hydrogens is 286 g/mol. The minimum absolute atomic E-state index is 0.0447. The van der Waals surface area contributed by atoms with Crippen LogP contribution in [0.25, 0.3) is 5.70 Å². The molecule has 0 saturated carbocycles. The van der Waals surface area contributed by atoms with Crippen LogP contribution < -0.4 is 15.2 Å². The van der Waals surface area contributed by atoms with Crippen molar-refractivity contribution in [1.29, 1.82) is 0 Å². The SMILES string of the molecule is COc1ccc(CC(=O)Nc2sccc2C2=C[NH+]=N2)cc1. The molecule has 1 aromatic heterocycles. The number of carbonyl (C=O) groups is 1. The zero-order chi connectivity index (χ0) is 14.7. The van der Waals surface area contributed by atoms with Crippen LogP contribution >= 0.6 is 11.3 Å². The lowest BCUT2D eigenvalue weighted by Gasteiger charge is -2.06. The molecule has 1 amide bonds. The van der Waals surface area contributed by atoms with E-state index in [4.69, 9.17) is 4.74 Å². The third-order valence-electron chi connectivity index (χ3n) is 3.10. The maximum Gasteiger partial charge on any atom is 0.229 e. The van der Waals surface area contributed by atoms with Crippen molar-refractivity contribution in [2.45, 2.75) is 6.42 Å². The molecule has 2 aromatic rings. The Labute approximate surface area is 126 Å². The van der Waals surface area contributed by atoms with Gasteiger partial charge in [0, 0.05) is 10.7 Å². The predicted octanol–water partition coefficient (Wildman–Crippen LogP) is 1.78. The number of methoxy groups -OCH3 is 1. The van der Waals surface area contributed by atoms with E-state index in [0.717, 1.165) is 27.6 Å². The van der Waals surface area contributed by atoms with Gasteiger partial charge in [-0.1, -0.05) is 12.1 Å². The summed E-state index contributed by atoms with van der Waals surface area (Å²) in [6, 6.07) is 9.43. The van der Waals surface area contributed by atoms with Crippen molar-refractivity contribution in [2.75, 3.05) is 12.4 Å². The minimum Gasteiger partial charge on any atom is -0.497 e. The molecule has 0 bridgehead atoms. The molecule has 1 aliphatic heterocycles. The fraction of sp³-hybridized carbons (Fsp3) is 0.133. The van der Waals surface area contributed by atoms with Crippen molar-refractivity contribution < 1.29 is 14.6 Å². The Morgan fingerprint density at radius 2 is 2.10 bits per heavy atom. The van der Waals surface area contributed by atoms with Gasteiger partial charge in [0.1, 0.15) is 10.8 Å².